The number of rotatable bonds is 2. The molecule has 1 saturated heterocycles. The van der Waals surface area contributed by atoms with E-state index in [0.29, 0.717) is 5.76 Å². The molecule has 2 rings (SSSR count). The topological polar surface area (TPSA) is 42.2 Å². The van der Waals surface area contributed by atoms with Crippen LogP contribution >= 0.6 is 11.8 Å². The van der Waals surface area contributed by atoms with Crippen LogP contribution in [-0.2, 0) is 9.67 Å². The largest absolute Gasteiger partial charge is 0.466 e. The summed E-state index contributed by atoms with van der Waals surface area (Å²) in [6, 6.07) is 3.65. The molecule has 13 heavy (non-hydrogen) atoms. The first-order valence-electron chi connectivity index (χ1n) is 4.20. The Morgan fingerprint density at radius 3 is 3.08 bits per heavy atom. The van der Waals surface area contributed by atoms with E-state index in [0.717, 1.165) is 12.3 Å². The van der Waals surface area contributed by atoms with Crippen molar-refractivity contribution >= 4 is 17.5 Å². The van der Waals surface area contributed by atoms with Crippen molar-refractivity contribution in [2.24, 2.45) is 0 Å². The summed E-state index contributed by atoms with van der Waals surface area (Å²) in [4.78, 5) is 10.9. The lowest BCUT2D eigenvalue weighted by atomic mass is 10.1. The van der Waals surface area contributed by atoms with Crippen LogP contribution in [0.4, 0.5) is 0 Å². The Hall–Kier alpha value is -0.740. The lowest BCUT2D eigenvalue weighted by molar-refractivity contribution is -0.120. The van der Waals surface area contributed by atoms with E-state index in [1.54, 1.807) is 31.0 Å². The van der Waals surface area contributed by atoms with E-state index >= 15 is 0 Å². The fourth-order valence-electron chi connectivity index (χ4n) is 1.52. The van der Waals surface area contributed by atoms with Gasteiger partial charge >= 0.3 is 0 Å². The predicted octanol–water partition coefficient (Wildman–Crippen LogP) is 1.36. The van der Waals surface area contributed by atoms with Crippen molar-refractivity contribution in [2.75, 3.05) is 12.3 Å². The summed E-state index contributed by atoms with van der Waals surface area (Å²) >= 11 is 1.60. The molecule has 1 aromatic heterocycles. The quantitative estimate of drug-likeness (QED) is 0.777. The van der Waals surface area contributed by atoms with E-state index in [4.69, 9.17) is 4.42 Å². The molecule has 1 aromatic rings. The molecule has 70 valence electrons. The molecule has 0 spiro atoms. The predicted molar refractivity (Wildman–Crippen MR) is 51.5 cm³/mol. The average Bonchev–Trinajstić information content (AvgIpc) is 2.75. The van der Waals surface area contributed by atoms with Crippen LogP contribution in [0.1, 0.15) is 12.7 Å². The highest BCUT2D eigenvalue weighted by Gasteiger charge is 2.43. The summed E-state index contributed by atoms with van der Waals surface area (Å²) in [7, 11) is 0. The highest BCUT2D eigenvalue weighted by atomic mass is 32.2. The Morgan fingerprint density at radius 2 is 2.62 bits per heavy atom. The van der Waals surface area contributed by atoms with Gasteiger partial charge in [-0.3, -0.25) is 10.1 Å². The van der Waals surface area contributed by atoms with E-state index in [9.17, 15) is 4.79 Å². The molecule has 0 aromatic carbocycles. The molecule has 0 radical (unpaired) electrons. The van der Waals surface area contributed by atoms with Crippen LogP contribution in [0.3, 0.4) is 0 Å². The van der Waals surface area contributed by atoms with Crippen molar-refractivity contribution in [3.8, 4) is 0 Å². The second-order valence-electron chi connectivity index (χ2n) is 2.99. The van der Waals surface area contributed by atoms with E-state index in [1.807, 2.05) is 6.07 Å². The summed E-state index contributed by atoms with van der Waals surface area (Å²) in [6.45, 7) is 2.44. The zero-order chi connectivity index (χ0) is 9.31. The molecule has 2 heterocycles. The Bertz CT molecular complexity index is 301. The number of furan rings is 1. The third-order valence-electron chi connectivity index (χ3n) is 2.16. The fraction of sp³-hybridized carbons (Fsp3) is 0.444. The van der Waals surface area contributed by atoms with Gasteiger partial charge in [-0.15, -0.1) is 11.8 Å². The van der Waals surface area contributed by atoms with E-state index in [2.05, 4.69) is 5.32 Å². The molecule has 1 atom stereocenters. The van der Waals surface area contributed by atoms with Crippen molar-refractivity contribution in [1.29, 1.82) is 0 Å². The molecule has 1 unspecified atom stereocenters. The molecule has 0 bridgehead atoms. The first-order valence-corrected chi connectivity index (χ1v) is 5.18. The van der Waals surface area contributed by atoms with Crippen LogP contribution in [0.5, 0.6) is 0 Å². The SMILES string of the molecule is CC(=O)C1(c2ccco2)NCCS1. The van der Waals surface area contributed by atoms with Gasteiger partial charge in [0.1, 0.15) is 5.76 Å². The minimum Gasteiger partial charge on any atom is -0.466 e. The number of Topliss-reactive ketones (excluding diaryl/α,β-unsaturated/α-hetero) is 1. The van der Waals surface area contributed by atoms with Gasteiger partial charge in [-0.1, -0.05) is 0 Å². The molecule has 1 aliphatic rings. The Balaban J connectivity index is 2.39. The van der Waals surface area contributed by atoms with Gasteiger partial charge < -0.3 is 4.42 Å². The second-order valence-corrected chi connectivity index (χ2v) is 4.30. The molecule has 4 heteroatoms. The van der Waals surface area contributed by atoms with Crippen LogP contribution < -0.4 is 5.32 Å². The molecule has 1 N–H and O–H groups in total. The summed E-state index contributed by atoms with van der Waals surface area (Å²) in [5.74, 6) is 1.76. The van der Waals surface area contributed by atoms with Gasteiger partial charge in [-0.25, -0.2) is 0 Å². The standard InChI is InChI=1S/C9H11NO2S/c1-7(11)9(10-4-6-13-9)8-3-2-5-12-8/h2-3,5,10H,4,6H2,1H3. The number of ketones is 1. The highest BCUT2D eigenvalue weighted by Crippen LogP contribution is 2.38. The Kier molecular flexibility index (Phi) is 2.17. The van der Waals surface area contributed by atoms with Gasteiger partial charge in [0, 0.05) is 12.3 Å². The molecule has 0 aliphatic carbocycles. The molecular weight excluding hydrogens is 186 g/mol. The maximum Gasteiger partial charge on any atom is 0.182 e. The summed E-state index contributed by atoms with van der Waals surface area (Å²) in [5.41, 5.74) is 0. The number of carbonyl (C=O) groups is 1. The van der Waals surface area contributed by atoms with Gasteiger partial charge in [0.25, 0.3) is 0 Å². The van der Waals surface area contributed by atoms with Gasteiger partial charge in [0.15, 0.2) is 10.7 Å². The number of carbonyl (C=O) groups excluding carboxylic acids is 1. The number of hydrogen-bond acceptors (Lipinski definition) is 4. The molecule has 0 saturated carbocycles. The van der Waals surface area contributed by atoms with Gasteiger partial charge in [0.2, 0.25) is 0 Å². The molecule has 0 amide bonds. The number of nitrogens with one attached hydrogen (secondary N) is 1. The minimum atomic E-state index is -0.622. The maximum atomic E-state index is 11.5. The van der Waals surface area contributed by atoms with Crippen molar-refractivity contribution in [3.63, 3.8) is 0 Å². The first kappa shape index (κ1) is 8.84. The highest BCUT2D eigenvalue weighted by molar-refractivity contribution is 8.01. The lowest BCUT2D eigenvalue weighted by Crippen LogP contribution is -2.40. The fourth-order valence-corrected chi connectivity index (χ4v) is 2.70. The Morgan fingerprint density at radius 1 is 1.77 bits per heavy atom. The zero-order valence-corrected chi connectivity index (χ0v) is 8.19. The third-order valence-corrected chi connectivity index (χ3v) is 3.63. The summed E-state index contributed by atoms with van der Waals surface area (Å²) in [6.07, 6.45) is 1.60. The monoisotopic (exact) mass is 197 g/mol. The molecular formula is C9H11NO2S. The average molecular weight is 197 g/mol. The summed E-state index contributed by atoms with van der Waals surface area (Å²) in [5, 5.41) is 3.19. The lowest BCUT2D eigenvalue weighted by Gasteiger charge is -2.22. The van der Waals surface area contributed by atoms with E-state index in [1.165, 1.54) is 0 Å². The van der Waals surface area contributed by atoms with Crippen LogP contribution in [0.15, 0.2) is 22.8 Å². The second kappa shape index (κ2) is 3.20. The Labute approximate surface area is 80.9 Å². The number of thioether (sulfide) groups is 1. The normalized spacial score (nSPS) is 27.8. The first-order chi connectivity index (χ1) is 6.26. The smallest absolute Gasteiger partial charge is 0.182 e. The van der Waals surface area contributed by atoms with Crippen molar-refractivity contribution in [1.82, 2.24) is 5.32 Å². The van der Waals surface area contributed by atoms with Gasteiger partial charge in [-0.05, 0) is 19.1 Å². The van der Waals surface area contributed by atoms with Crippen LogP contribution in [-0.4, -0.2) is 18.1 Å². The molecule has 3 nitrogen and oxygen atoms in total. The van der Waals surface area contributed by atoms with Crippen molar-refractivity contribution in [2.45, 2.75) is 11.8 Å². The maximum absolute atomic E-state index is 11.5. The van der Waals surface area contributed by atoms with E-state index < -0.39 is 4.87 Å². The minimum absolute atomic E-state index is 0.102. The molecule has 1 fully saturated rings. The third kappa shape index (κ3) is 1.30. The van der Waals surface area contributed by atoms with Crippen molar-refractivity contribution in [3.05, 3.63) is 24.2 Å². The van der Waals surface area contributed by atoms with Crippen LogP contribution in [0, 0.1) is 0 Å². The zero-order valence-electron chi connectivity index (χ0n) is 7.37. The van der Waals surface area contributed by atoms with Crippen LogP contribution in [0.25, 0.3) is 0 Å². The summed E-state index contributed by atoms with van der Waals surface area (Å²) < 4.78 is 5.28. The van der Waals surface area contributed by atoms with E-state index in [-0.39, 0.29) is 5.78 Å². The van der Waals surface area contributed by atoms with Gasteiger partial charge in [-0.2, -0.15) is 0 Å². The molecule has 1 aliphatic heterocycles. The van der Waals surface area contributed by atoms with Crippen LogP contribution in [0.2, 0.25) is 0 Å². The van der Waals surface area contributed by atoms with Crippen molar-refractivity contribution < 1.29 is 9.21 Å². The van der Waals surface area contributed by atoms with Gasteiger partial charge in [0.05, 0.1) is 6.26 Å². The number of hydrogen-bond donors (Lipinski definition) is 1.